The molecule has 0 N–H and O–H groups in total. The Morgan fingerprint density at radius 1 is 0.750 bits per heavy atom. The van der Waals surface area contributed by atoms with E-state index in [0.29, 0.717) is 0 Å². The summed E-state index contributed by atoms with van der Waals surface area (Å²) in [6.07, 6.45) is 21.0. The normalized spacial score (nSPS) is 18.6. The van der Waals surface area contributed by atoms with Gasteiger partial charge >= 0.3 is 0 Å². The molecule has 176 valence electrons. The van der Waals surface area contributed by atoms with E-state index in [1.807, 2.05) is 6.20 Å². The Hall–Kier alpha value is -1.83. The molecule has 0 aliphatic heterocycles. The van der Waals surface area contributed by atoms with Crippen LogP contribution in [0.3, 0.4) is 0 Å². The van der Waals surface area contributed by atoms with E-state index in [-0.39, 0.29) is 0 Å². The molecule has 0 saturated heterocycles. The van der Waals surface area contributed by atoms with Crippen LogP contribution < -0.4 is 4.74 Å². The lowest BCUT2D eigenvalue weighted by molar-refractivity contribution is 0.228. The standard InChI is InChI=1S/C30H45NO/c1-3-5-7-10-25-13-15-26(16-14-25)12-9-23-32-29-20-18-28(19-21-29)30-22-17-27(24-31-30)11-8-6-4-2/h17-22,24-26H,3-16,23H2,1-2H3/t25-,26-. The Morgan fingerprint density at radius 3 is 2.03 bits per heavy atom. The number of hydrogen-bond acceptors (Lipinski definition) is 2. The van der Waals surface area contributed by atoms with Crippen molar-refractivity contribution in [3.63, 3.8) is 0 Å². The fraction of sp³-hybridized carbons (Fsp3) is 0.633. The maximum atomic E-state index is 6.03. The highest BCUT2D eigenvalue weighted by Crippen LogP contribution is 2.34. The first-order chi connectivity index (χ1) is 15.8. The van der Waals surface area contributed by atoms with Crippen molar-refractivity contribution in [3.05, 3.63) is 48.2 Å². The van der Waals surface area contributed by atoms with Crippen LogP contribution in [0.2, 0.25) is 0 Å². The van der Waals surface area contributed by atoms with Crippen LogP contribution in [0.1, 0.15) is 103 Å². The van der Waals surface area contributed by atoms with Crippen molar-refractivity contribution in [1.29, 1.82) is 0 Å². The molecule has 0 unspecified atom stereocenters. The average molecular weight is 436 g/mol. The molecular formula is C30H45NO. The molecular weight excluding hydrogens is 390 g/mol. The Labute approximate surface area is 197 Å². The summed E-state index contributed by atoms with van der Waals surface area (Å²) in [5.41, 5.74) is 3.54. The number of aryl methyl sites for hydroxylation is 1. The number of nitrogens with zero attached hydrogens (tertiary/aromatic N) is 1. The minimum Gasteiger partial charge on any atom is -0.494 e. The molecule has 2 nitrogen and oxygen atoms in total. The third kappa shape index (κ3) is 8.60. The van der Waals surface area contributed by atoms with Crippen LogP contribution in [0.4, 0.5) is 0 Å². The van der Waals surface area contributed by atoms with E-state index in [1.165, 1.54) is 89.0 Å². The van der Waals surface area contributed by atoms with Gasteiger partial charge in [0.15, 0.2) is 0 Å². The molecule has 1 aromatic heterocycles. The van der Waals surface area contributed by atoms with E-state index in [4.69, 9.17) is 4.74 Å². The van der Waals surface area contributed by atoms with Crippen molar-refractivity contribution < 1.29 is 4.74 Å². The van der Waals surface area contributed by atoms with Crippen LogP contribution in [0.5, 0.6) is 5.75 Å². The Balaban J connectivity index is 1.32. The number of hydrogen-bond donors (Lipinski definition) is 0. The summed E-state index contributed by atoms with van der Waals surface area (Å²) in [5, 5.41) is 0. The highest BCUT2D eigenvalue weighted by Gasteiger charge is 2.20. The van der Waals surface area contributed by atoms with Gasteiger partial charge in [-0.05, 0) is 73.4 Å². The lowest BCUT2D eigenvalue weighted by Gasteiger charge is -2.28. The van der Waals surface area contributed by atoms with E-state index >= 15 is 0 Å². The molecule has 0 radical (unpaired) electrons. The van der Waals surface area contributed by atoms with Gasteiger partial charge in [0.05, 0.1) is 12.3 Å². The van der Waals surface area contributed by atoms with Gasteiger partial charge in [0, 0.05) is 11.8 Å². The van der Waals surface area contributed by atoms with Crippen molar-refractivity contribution in [2.75, 3.05) is 6.61 Å². The monoisotopic (exact) mass is 435 g/mol. The smallest absolute Gasteiger partial charge is 0.119 e. The van der Waals surface area contributed by atoms with Gasteiger partial charge in [-0.2, -0.15) is 0 Å². The fourth-order valence-corrected chi connectivity index (χ4v) is 5.10. The van der Waals surface area contributed by atoms with Crippen molar-refractivity contribution in [3.8, 4) is 17.0 Å². The van der Waals surface area contributed by atoms with Crippen LogP contribution in [-0.4, -0.2) is 11.6 Å². The van der Waals surface area contributed by atoms with Crippen LogP contribution >= 0.6 is 0 Å². The predicted octanol–water partition coefficient (Wildman–Crippen LogP) is 9.03. The quantitative estimate of drug-likeness (QED) is 0.276. The summed E-state index contributed by atoms with van der Waals surface area (Å²) < 4.78 is 6.03. The van der Waals surface area contributed by atoms with E-state index in [9.17, 15) is 0 Å². The minimum atomic E-state index is 0.834. The molecule has 1 aliphatic rings. The number of benzene rings is 1. The molecule has 32 heavy (non-hydrogen) atoms. The largest absolute Gasteiger partial charge is 0.494 e. The zero-order valence-corrected chi connectivity index (χ0v) is 20.7. The van der Waals surface area contributed by atoms with Crippen LogP contribution in [0, 0.1) is 11.8 Å². The van der Waals surface area contributed by atoms with Crippen LogP contribution in [0.25, 0.3) is 11.3 Å². The summed E-state index contributed by atoms with van der Waals surface area (Å²) in [4.78, 5) is 4.67. The van der Waals surface area contributed by atoms with Gasteiger partial charge in [0.2, 0.25) is 0 Å². The third-order valence-corrected chi connectivity index (χ3v) is 7.25. The molecule has 1 heterocycles. The second kappa shape index (κ2) is 14.3. The zero-order valence-electron chi connectivity index (χ0n) is 20.7. The van der Waals surface area contributed by atoms with E-state index in [2.05, 4.69) is 55.2 Å². The molecule has 0 bridgehead atoms. The van der Waals surface area contributed by atoms with Gasteiger partial charge in [0.25, 0.3) is 0 Å². The molecule has 1 fully saturated rings. The molecule has 2 heteroatoms. The summed E-state index contributed by atoms with van der Waals surface area (Å²) in [5.74, 6) is 2.92. The van der Waals surface area contributed by atoms with Gasteiger partial charge in [-0.1, -0.05) is 84.1 Å². The average Bonchev–Trinajstić information content (AvgIpc) is 2.84. The highest BCUT2D eigenvalue weighted by molar-refractivity contribution is 5.60. The molecule has 1 aliphatic carbocycles. The lowest BCUT2D eigenvalue weighted by Crippen LogP contribution is -2.15. The summed E-state index contributed by atoms with van der Waals surface area (Å²) in [6.45, 7) is 5.38. The second-order valence-electron chi connectivity index (χ2n) is 9.91. The topological polar surface area (TPSA) is 22.1 Å². The molecule has 1 aromatic carbocycles. The number of aromatic nitrogens is 1. The molecule has 0 atom stereocenters. The summed E-state index contributed by atoms with van der Waals surface area (Å²) in [6, 6.07) is 12.8. The molecule has 0 amide bonds. The maximum absolute atomic E-state index is 6.03. The van der Waals surface area contributed by atoms with Crippen LogP contribution in [-0.2, 0) is 6.42 Å². The van der Waals surface area contributed by atoms with E-state index in [0.717, 1.165) is 41.9 Å². The number of ether oxygens (including phenoxy) is 1. The minimum absolute atomic E-state index is 0.834. The lowest BCUT2D eigenvalue weighted by atomic mass is 9.78. The summed E-state index contributed by atoms with van der Waals surface area (Å²) in [7, 11) is 0. The Bertz CT molecular complexity index is 728. The van der Waals surface area contributed by atoms with Crippen molar-refractivity contribution in [2.45, 2.75) is 104 Å². The van der Waals surface area contributed by atoms with E-state index < -0.39 is 0 Å². The van der Waals surface area contributed by atoms with E-state index in [1.54, 1.807) is 0 Å². The highest BCUT2D eigenvalue weighted by atomic mass is 16.5. The SMILES string of the molecule is CCCCCc1ccc(-c2ccc(OCCC[C@H]3CC[C@H](CCCCC)CC3)cc2)nc1. The molecule has 0 spiro atoms. The van der Waals surface area contributed by atoms with Crippen molar-refractivity contribution in [2.24, 2.45) is 11.8 Å². The Morgan fingerprint density at radius 2 is 1.41 bits per heavy atom. The molecule has 3 rings (SSSR count). The van der Waals surface area contributed by atoms with Crippen LogP contribution in [0.15, 0.2) is 42.6 Å². The maximum Gasteiger partial charge on any atom is 0.119 e. The second-order valence-corrected chi connectivity index (χ2v) is 9.91. The Kier molecular flexibility index (Phi) is 11.1. The van der Waals surface area contributed by atoms with Gasteiger partial charge < -0.3 is 4.74 Å². The number of rotatable bonds is 14. The first-order valence-corrected chi connectivity index (χ1v) is 13.5. The number of pyridine rings is 1. The van der Waals surface area contributed by atoms with Gasteiger partial charge in [-0.15, -0.1) is 0 Å². The van der Waals surface area contributed by atoms with Gasteiger partial charge in [0.1, 0.15) is 5.75 Å². The van der Waals surface area contributed by atoms with Crippen molar-refractivity contribution >= 4 is 0 Å². The first kappa shape index (κ1) is 24.8. The van der Waals surface area contributed by atoms with Gasteiger partial charge in [-0.3, -0.25) is 4.98 Å². The predicted molar refractivity (Wildman–Crippen MR) is 137 cm³/mol. The fourth-order valence-electron chi connectivity index (χ4n) is 5.10. The zero-order chi connectivity index (χ0) is 22.4. The van der Waals surface area contributed by atoms with Crippen molar-refractivity contribution in [1.82, 2.24) is 4.98 Å². The molecule has 2 aromatic rings. The summed E-state index contributed by atoms with van der Waals surface area (Å²) >= 11 is 0. The third-order valence-electron chi connectivity index (χ3n) is 7.25. The number of unbranched alkanes of at least 4 members (excludes halogenated alkanes) is 4. The van der Waals surface area contributed by atoms with Gasteiger partial charge in [-0.25, -0.2) is 0 Å². The molecule has 1 saturated carbocycles. The first-order valence-electron chi connectivity index (χ1n) is 13.5.